The minimum Gasteiger partial charge on any atom is -0.491 e. The van der Waals surface area contributed by atoms with Crippen molar-refractivity contribution in [2.24, 2.45) is 5.92 Å². The lowest BCUT2D eigenvalue weighted by atomic mass is 9.89. The van der Waals surface area contributed by atoms with Crippen molar-refractivity contribution in [2.75, 3.05) is 13.2 Å². The third-order valence-electron chi connectivity index (χ3n) is 4.44. The zero-order valence-electron chi connectivity index (χ0n) is 11.2. The van der Waals surface area contributed by atoms with Crippen LogP contribution >= 0.6 is 11.6 Å². The largest absolute Gasteiger partial charge is 0.491 e. The van der Waals surface area contributed by atoms with Gasteiger partial charge in [0.05, 0.1) is 10.9 Å². The molecule has 3 atom stereocenters. The number of rotatable bonds is 5. The number of para-hydroxylation sites is 1. The van der Waals surface area contributed by atoms with Crippen LogP contribution in [-0.4, -0.2) is 41.2 Å². The molecule has 0 spiro atoms. The van der Waals surface area contributed by atoms with Crippen molar-refractivity contribution in [1.82, 2.24) is 4.90 Å². The minimum atomic E-state index is -0.658. The number of nitrogens with zero attached hydrogens (tertiary/aromatic N) is 1. The van der Waals surface area contributed by atoms with Gasteiger partial charge in [-0.1, -0.05) is 23.7 Å². The molecule has 1 aromatic carbocycles. The smallest absolute Gasteiger partial charge is 0.308 e. The Morgan fingerprint density at radius 1 is 1.40 bits per heavy atom. The Bertz CT molecular complexity index is 508. The second-order valence-electron chi connectivity index (χ2n) is 5.50. The van der Waals surface area contributed by atoms with Gasteiger partial charge in [-0.2, -0.15) is 0 Å². The van der Waals surface area contributed by atoms with Crippen LogP contribution < -0.4 is 4.74 Å². The summed E-state index contributed by atoms with van der Waals surface area (Å²) in [6.45, 7) is 1.31. The van der Waals surface area contributed by atoms with E-state index in [1.54, 1.807) is 6.07 Å². The van der Waals surface area contributed by atoms with E-state index in [2.05, 4.69) is 4.90 Å². The van der Waals surface area contributed by atoms with Gasteiger partial charge in [0.2, 0.25) is 0 Å². The quantitative estimate of drug-likeness (QED) is 0.907. The maximum absolute atomic E-state index is 11.2. The molecule has 2 fully saturated rings. The lowest BCUT2D eigenvalue weighted by Crippen LogP contribution is -2.35. The molecule has 108 valence electrons. The van der Waals surface area contributed by atoms with Crippen LogP contribution in [0.3, 0.4) is 0 Å². The second-order valence-corrected chi connectivity index (χ2v) is 5.90. The summed E-state index contributed by atoms with van der Waals surface area (Å²) in [6.07, 6.45) is 2.89. The minimum absolute atomic E-state index is 0.187. The first-order chi connectivity index (χ1) is 9.66. The summed E-state index contributed by atoms with van der Waals surface area (Å²) < 4.78 is 5.70. The van der Waals surface area contributed by atoms with Crippen molar-refractivity contribution in [3.8, 4) is 5.75 Å². The molecule has 2 bridgehead atoms. The third kappa shape index (κ3) is 2.50. The second kappa shape index (κ2) is 5.62. The van der Waals surface area contributed by atoms with Gasteiger partial charge in [0.1, 0.15) is 12.4 Å². The third-order valence-corrected chi connectivity index (χ3v) is 4.75. The van der Waals surface area contributed by atoms with E-state index in [0.29, 0.717) is 23.4 Å². The fourth-order valence-corrected chi connectivity index (χ4v) is 3.73. The van der Waals surface area contributed by atoms with Crippen LogP contribution in [0.1, 0.15) is 19.3 Å². The summed E-state index contributed by atoms with van der Waals surface area (Å²) in [6, 6.07) is 8.01. The zero-order valence-corrected chi connectivity index (χ0v) is 11.9. The highest BCUT2D eigenvalue weighted by Gasteiger charge is 2.48. The molecule has 2 aliphatic rings. The number of carboxylic acid groups (broad SMARTS) is 1. The number of hydrogen-bond acceptors (Lipinski definition) is 3. The van der Waals surface area contributed by atoms with Gasteiger partial charge in [0.25, 0.3) is 0 Å². The van der Waals surface area contributed by atoms with Gasteiger partial charge in [0.15, 0.2) is 0 Å². The Hall–Kier alpha value is -1.26. The Labute approximate surface area is 123 Å². The molecule has 3 rings (SSSR count). The first-order valence-electron chi connectivity index (χ1n) is 7.02. The predicted molar refractivity (Wildman–Crippen MR) is 76.2 cm³/mol. The summed E-state index contributed by atoms with van der Waals surface area (Å²) in [4.78, 5) is 13.5. The summed E-state index contributed by atoms with van der Waals surface area (Å²) >= 11 is 6.04. The molecular formula is C15H18ClNO3. The topological polar surface area (TPSA) is 49.8 Å². The van der Waals surface area contributed by atoms with Crippen LogP contribution in [0.4, 0.5) is 0 Å². The van der Waals surface area contributed by atoms with Gasteiger partial charge in [-0.25, -0.2) is 0 Å². The molecule has 2 aliphatic heterocycles. The average molecular weight is 296 g/mol. The first-order valence-corrected chi connectivity index (χ1v) is 7.40. The van der Waals surface area contributed by atoms with Crippen molar-refractivity contribution in [2.45, 2.75) is 31.3 Å². The van der Waals surface area contributed by atoms with E-state index in [1.165, 1.54) is 0 Å². The van der Waals surface area contributed by atoms with E-state index < -0.39 is 5.97 Å². The van der Waals surface area contributed by atoms with Crippen molar-refractivity contribution in [1.29, 1.82) is 0 Å². The van der Waals surface area contributed by atoms with E-state index in [9.17, 15) is 9.90 Å². The number of ether oxygens (including phenoxy) is 1. The van der Waals surface area contributed by atoms with Gasteiger partial charge in [-0.05, 0) is 31.4 Å². The summed E-state index contributed by atoms with van der Waals surface area (Å²) in [5.41, 5.74) is 0. The fraction of sp³-hybridized carbons (Fsp3) is 0.533. The summed E-state index contributed by atoms with van der Waals surface area (Å²) in [5.74, 6) is -0.168. The number of carboxylic acids is 1. The molecule has 0 aromatic heterocycles. The molecule has 0 aliphatic carbocycles. The molecule has 0 saturated carbocycles. The lowest BCUT2D eigenvalue weighted by molar-refractivity contribution is -0.142. The number of benzene rings is 1. The molecule has 0 amide bonds. The van der Waals surface area contributed by atoms with Crippen LogP contribution in [0.2, 0.25) is 5.02 Å². The number of hydrogen-bond donors (Lipinski definition) is 1. The molecule has 5 heteroatoms. The van der Waals surface area contributed by atoms with E-state index in [4.69, 9.17) is 16.3 Å². The van der Waals surface area contributed by atoms with E-state index >= 15 is 0 Å². The Balaban J connectivity index is 1.55. The molecule has 4 nitrogen and oxygen atoms in total. The zero-order chi connectivity index (χ0) is 14.1. The SMILES string of the molecule is O=C(O)C1CC2CCC1N2CCOc1ccccc1Cl. The highest BCUT2D eigenvalue weighted by molar-refractivity contribution is 6.32. The molecule has 20 heavy (non-hydrogen) atoms. The number of carbonyl (C=O) groups is 1. The average Bonchev–Trinajstić information content (AvgIpc) is 2.98. The van der Waals surface area contributed by atoms with Gasteiger partial charge >= 0.3 is 5.97 Å². The molecule has 2 saturated heterocycles. The van der Waals surface area contributed by atoms with Gasteiger partial charge < -0.3 is 9.84 Å². The Morgan fingerprint density at radius 3 is 2.90 bits per heavy atom. The van der Waals surface area contributed by atoms with Crippen LogP contribution in [-0.2, 0) is 4.79 Å². The van der Waals surface area contributed by atoms with Crippen molar-refractivity contribution in [3.63, 3.8) is 0 Å². The van der Waals surface area contributed by atoms with Gasteiger partial charge in [-0.3, -0.25) is 9.69 Å². The van der Waals surface area contributed by atoms with E-state index in [0.717, 1.165) is 25.8 Å². The van der Waals surface area contributed by atoms with Crippen LogP contribution in [0.15, 0.2) is 24.3 Å². The highest BCUT2D eigenvalue weighted by atomic mass is 35.5. The van der Waals surface area contributed by atoms with Gasteiger partial charge in [-0.15, -0.1) is 0 Å². The number of halogens is 1. The first kappa shape index (κ1) is 13.7. The van der Waals surface area contributed by atoms with E-state index in [-0.39, 0.29) is 12.0 Å². The maximum atomic E-state index is 11.2. The molecule has 0 radical (unpaired) electrons. The van der Waals surface area contributed by atoms with Crippen molar-refractivity contribution >= 4 is 17.6 Å². The predicted octanol–water partition coefficient (Wildman–Crippen LogP) is 2.66. The van der Waals surface area contributed by atoms with Crippen molar-refractivity contribution < 1.29 is 14.6 Å². The van der Waals surface area contributed by atoms with E-state index in [1.807, 2.05) is 18.2 Å². The van der Waals surface area contributed by atoms with Crippen LogP contribution in [0.5, 0.6) is 5.75 Å². The summed E-state index contributed by atoms with van der Waals surface area (Å²) in [7, 11) is 0. The molecular weight excluding hydrogens is 278 g/mol. The monoisotopic (exact) mass is 295 g/mol. The van der Waals surface area contributed by atoms with Crippen LogP contribution in [0, 0.1) is 5.92 Å². The fourth-order valence-electron chi connectivity index (χ4n) is 3.54. The number of aliphatic carboxylic acids is 1. The normalized spacial score (nSPS) is 28.8. The molecule has 1 N–H and O–H groups in total. The Kier molecular flexibility index (Phi) is 3.85. The van der Waals surface area contributed by atoms with Gasteiger partial charge in [0, 0.05) is 18.6 Å². The van der Waals surface area contributed by atoms with Crippen molar-refractivity contribution in [3.05, 3.63) is 29.3 Å². The highest BCUT2D eigenvalue weighted by Crippen LogP contribution is 2.41. The molecule has 1 aromatic rings. The summed E-state index contributed by atoms with van der Waals surface area (Å²) in [5, 5.41) is 9.83. The number of fused-ring (bicyclic) bond motifs is 2. The Morgan fingerprint density at radius 2 is 2.20 bits per heavy atom. The molecule has 2 heterocycles. The standard InChI is InChI=1S/C15H18ClNO3/c16-12-3-1-2-4-14(12)20-8-7-17-10-5-6-13(17)11(9-10)15(18)19/h1-4,10-11,13H,5-9H2,(H,18,19). The lowest BCUT2D eigenvalue weighted by Gasteiger charge is -2.22. The molecule has 3 unspecified atom stereocenters. The maximum Gasteiger partial charge on any atom is 0.308 e. The van der Waals surface area contributed by atoms with Crippen LogP contribution in [0.25, 0.3) is 0 Å².